The van der Waals surface area contributed by atoms with Crippen LogP contribution in [0.2, 0.25) is 0 Å². The average Bonchev–Trinajstić information content (AvgIpc) is 2.20. The minimum Gasteiger partial charge on any atom is -0.397 e. The first-order valence-electron chi connectivity index (χ1n) is 4.79. The summed E-state index contributed by atoms with van der Waals surface area (Å²) in [6.07, 6.45) is 1.96. The molecule has 0 fully saturated rings. The molecule has 0 amide bonds. The molecule has 1 heterocycles. The molecule has 1 aromatic rings. The van der Waals surface area contributed by atoms with E-state index in [-0.39, 0.29) is 12.1 Å². The fourth-order valence-corrected chi connectivity index (χ4v) is 1.17. The molecule has 1 aromatic heterocycles. The van der Waals surface area contributed by atoms with E-state index in [4.69, 9.17) is 5.73 Å². The van der Waals surface area contributed by atoms with Crippen molar-refractivity contribution < 1.29 is 5.11 Å². The standard InChI is InChI=1S/C10H17N3O/c1-3-9(14)7(2)13-10-5-4-8(11)6-12-10/h4-7,9,14H,3,11H2,1-2H3,(H,12,13). The van der Waals surface area contributed by atoms with E-state index in [1.165, 1.54) is 0 Å². The first-order chi connectivity index (χ1) is 6.63. The van der Waals surface area contributed by atoms with Crippen LogP contribution >= 0.6 is 0 Å². The van der Waals surface area contributed by atoms with Crippen LogP contribution in [-0.2, 0) is 0 Å². The molecule has 2 unspecified atom stereocenters. The summed E-state index contributed by atoms with van der Waals surface area (Å²) in [6, 6.07) is 3.57. The van der Waals surface area contributed by atoms with Crippen LogP contribution < -0.4 is 11.1 Å². The molecule has 1 rings (SSSR count). The summed E-state index contributed by atoms with van der Waals surface area (Å²) in [4.78, 5) is 4.09. The minimum absolute atomic E-state index is 0.00359. The van der Waals surface area contributed by atoms with Crippen molar-refractivity contribution in [2.24, 2.45) is 0 Å². The third-order valence-electron chi connectivity index (χ3n) is 2.16. The summed E-state index contributed by atoms with van der Waals surface area (Å²) in [5, 5.41) is 12.6. The van der Waals surface area contributed by atoms with Crippen LogP contribution in [0, 0.1) is 0 Å². The molecule has 0 aliphatic carbocycles. The van der Waals surface area contributed by atoms with Crippen molar-refractivity contribution in [2.75, 3.05) is 11.1 Å². The summed E-state index contributed by atoms with van der Waals surface area (Å²) >= 11 is 0. The van der Waals surface area contributed by atoms with Crippen LogP contribution in [0.5, 0.6) is 0 Å². The second-order valence-electron chi connectivity index (χ2n) is 3.39. The highest BCUT2D eigenvalue weighted by Crippen LogP contribution is 2.09. The molecule has 0 aromatic carbocycles. The monoisotopic (exact) mass is 195 g/mol. The number of nitrogens with one attached hydrogen (secondary N) is 1. The molecule has 0 radical (unpaired) electrons. The predicted molar refractivity (Wildman–Crippen MR) is 58.0 cm³/mol. The number of pyridine rings is 1. The Hall–Kier alpha value is -1.29. The highest BCUT2D eigenvalue weighted by atomic mass is 16.3. The Balaban J connectivity index is 2.56. The van der Waals surface area contributed by atoms with Gasteiger partial charge in [-0.25, -0.2) is 4.98 Å². The molecule has 0 saturated heterocycles. The van der Waals surface area contributed by atoms with Crippen molar-refractivity contribution in [1.82, 2.24) is 4.98 Å². The first-order valence-corrected chi connectivity index (χ1v) is 4.79. The van der Waals surface area contributed by atoms with Crippen molar-refractivity contribution in [1.29, 1.82) is 0 Å². The van der Waals surface area contributed by atoms with E-state index in [1.807, 2.05) is 13.8 Å². The topological polar surface area (TPSA) is 71.2 Å². The number of nitrogen functional groups attached to an aromatic ring is 1. The lowest BCUT2D eigenvalue weighted by molar-refractivity contribution is 0.154. The summed E-state index contributed by atoms with van der Waals surface area (Å²) in [5.41, 5.74) is 6.14. The molecular weight excluding hydrogens is 178 g/mol. The lowest BCUT2D eigenvalue weighted by atomic mass is 10.1. The van der Waals surface area contributed by atoms with Crippen LogP contribution in [-0.4, -0.2) is 22.2 Å². The van der Waals surface area contributed by atoms with Gasteiger partial charge in [-0.2, -0.15) is 0 Å². The minimum atomic E-state index is -0.352. The van der Waals surface area contributed by atoms with E-state index < -0.39 is 0 Å². The zero-order chi connectivity index (χ0) is 10.6. The van der Waals surface area contributed by atoms with Crippen molar-refractivity contribution in [2.45, 2.75) is 32.4 Å². The maximum Gasteiger partial charge on any atom is 0.126 e. The van der Waals surface area contributed by atoms with E-state index in [9.17, 15) is 5.11 Å². The smallest absolute Gasteiger partial charge is 0.126 e. The van der Waals surface area contributed by atoms with Crippen molar-refractivity contribution in [3.8, 4) is 0 Å². The molecule has 4 N–H and O–H groups in total. The van der Waals surface area contributed by atoms with Crippen LogP contribution in [0.4, 0.5) is 11.5 Å². The van der Waals surface area contributed by atoms with Crippen LogP contribution in [0.3, 0.4) is 0 Å². The Morgan fingerprint density at radius 2 is 2.29 bits per heavy atom. The van der Waals surface area contributed by atoms with Gasteiger partial charge in [-0.15, -0.1) is 0 Å². The van der Waals surface area contributed by atoms with Crippen LogP contribution in [0.25, 0.3) is 0 Å². The van der Waals surface area contributed by atoms with Gasteiger partial charge in [-0.05, 0) is 25.5 Å². The van der Waals surface area contributed by atoms with Crippen LogP contribution in [0.15, 0.2) is 18.3 Å². The van der Waals surface area contributed by atoms with E-state index in [0.29, 0.717) is 5.69 Å². The van der Waals surface area contributed by atoms with Gasteiger partial charge in [-0.3, -0.25) is 0 Å². The molecule has 4 nitrogen and oxygen atoms in total. The molecule has 2 atom stereocenters. The van der Waals surface area contributed by atoms with Gasteiger partial charge in [0.2, 0.25) is 0 Å². The average molecular weight is 195 g/mol. The van der Waals surface area contributed by atoms with Gasteiger partial charge in [0, 0.05) is 0 Å². The second-order valence-corrected chi connectivity index (χ2v) is 3.39. The molecule has 0 spiro atoms. The number of aliphatic hydroxyl groups is 1. The Morgan fingerprint density at radius 1 is 1.57 bits per heavy atom. The number of anilines is 2. The lowest BCUT2D eigenvalue weighted by Crippen LogP contribution is -2.30. The van der Waals surface area contributed by atoms with Gasteiger partial charge in [0.1, 0.15) is 5.82 Å². The predicted octanol–water partition coefficient (Wildman–Crippen LogP) is 1.24. The quantitative estimate of drug-likeness (QED) is 0.676. The number of rotatable bonds is 4. The Morgan fingerprint density at radius 3 is 2.79 bits per heavy atom. The molecule has 0 aliphatic rings. The molecule has 0 bridgehead atoms. The highest BCUT2D eigenvalue weighted by Gasteiger charge is 2.11. The highest BCUT2D eigenvalue weighted by molar-refractivity contribution is 5.44. The first kappa shape index (κ1) is 10.8. The van der Waals surface area contributed by atoms with E-state index in [0.717, 1.165) is 12.2 Å². The summed E-state index contributed by atoms with van der Waals surface area (Å²) in [5.74, 6) is 0.735. The van der Waals surface area contributed by atoms with Crippen molar-refractivity contribution in [3.05, 3.63) is 18.3 Å². The number of nitrogens with zero attached hydrogens (tertiary/aromatic N) is 1. The number of nitrogens with two attached hydrogens (primary N) is 1. The molecule has 0 saturated carbocycles. The van der Waals surface area contributed by atoms with Gasteiger partial charge >= 0.3 is 0 Å². The van der Waals surface area contributed by atoms with E-state index in [1.54, 1.807) is 18.3 Å². The van der Waals surface area contributed by atoms with Gasteiger partial charge in [0.25, 0.3) is 0 Å². The zero-order valence-electron chi connectivity index (χ0n) is 8.57. The third-order valence-corrected chi connectivity index (χ3v) is 2.16. The maximum atomic E-state index is 9.53. The summed E-state index contributed by atoms with van der Waals surface area (Å²) in [6.45, 7) is 3.87. The number of hydrogen-bond acceptors (Lipinski definition) is 4. The van der Waals surface area contributed by atoms with E-state index in [2.05, 4.69) is 10.3 Å². The number of aromatic nitrogens is 1. The van der Waals surface area contributed by atoms with Gasteiger partial charge in [0.15, 0.2) is 0 Å². The number of hydrogen-bond donors (Lipinski definition) is 3. The molecular formula is C10H17N3O. The Labute approximate surface area is 84.2 Å². The zero-order valence-corrected chi connectivity index (χ0v) is 8.57. The maximum absolute atomic E-state index is 9.53. The molecule has 78 valence electrons. The third kappa shape index (κ3) is 2.88. The molecule has 4 heteroatoms. The van der Waals surface area contributed by atoms with Crippen LogP contribution in [0.1, 0.15) is 20.3 Å². The SMILES string of the molecule is CCC(O)C(C)Nc1ccc(N)cn1. The van der Waals surface area contributed by atoms with Gasteiger partial charge < -0.3 is 16.2 Å². The lowest BCUT2D eigenvalue weighted by Gasteiger charge is -2.19. The second kappa shape index (κ2) is 4.81. The van der Waals surface area contributed by atoms with Gasteiger partial charge in [-0.1, -0.05) is 6.92 Å². The van der Waals surface area contributed by atoms with E-state index >= 15 is 0 Å². The summed E-state index contributed by atoms with van der Waals surface area (Å²) in [7, 11) is 0. The Kier molecular flexibility index (Phi) is 3.71. The summed E-state index contributed by atoms with van der Waals surface area (Å²) < 4.78 is 0. The fourth-order valence-electron chi connectivity index (χ4n) is 1.17. The normalized spacial score (nSPS) is 14.8. The van der Waals surface area contributed by atoms with Crippen molar-refractivity contribution in [3.63, 3.8) is 0 Å². The molecule has 14 heavy (non-hydrogen) atoms. The largest absolute Gasteiger partial charge is 0.397 e. The fraction of sp³-hybridized carbons (Fsp3) is 0.500. The van der Waals surface area contributed by atoms with Crippen molar-refractivity contribution >= 4 is 11.5 Å². The molecule has 0 aliphatic heterocycles. The number of aliphatic hydroxyl groups excluding tert-OH is 1. The van der Waals surface area contributed by atoms with Gasteiger partial charge in [0.05, 0.1) is 24.0 Å². The Bertz CT molecular complexity index is 273.